The highest BCUT2D eigenvalue weighted by atomic mass is 16.5. The van der Waals surface area contributed by atoms with Gasteiger partial charge >= 0.3 is 0 Å². The van der Waals surface area contributed by atoms with Gasteiger partial charge in [0.15, 0.2) is 11.5 Å². The van der Waals surface area contributed by atoms with Gasteiger partial charge in [0.1, 0.15) is 7.85 Å². The number of ether oxygens (including phenoxy) is 1. The summed E-state index contributed by atoms with van der Waals surface area (Å²) in [6.07, 6.45) is 0.881. The summed E-state index contributed by atoms with van der Waals surface area (Å²) in [5.41, 5.74) is 6.68. The number of benzene rings is 3. The van der Waals surface area contributed by atoms with Crippen molar-refractivity contribution in [2.75, 3.05) is 4.90 Å². The average Bonchev–Trinajstić information content (AvgIpc) is 2.54. The van der Waals surface area contributed by atoms with E-state index in [4.69, 9.17) is 12.6 Å². The minimum Gasteiger partial charge on any atom is -0.453 e. The molecule has 2 heterocycles. The molecule has 0 atom stereocenters. The lowest BCUT2D eigenvalue weighted by Crippen LogP contribution is -2.24. The van der Waals surface area contributed by atoms with E-state index in [0.29, 0.717) is 0 Å². The number of rotatable bonds is 0. The molecule has 0 saturated carbocycles. The smallest absolute Gasteiger partial charge is 0.151 e. The van der Waals surface area contributed by atoms with Crippen molar-refractivity contribution in [3.63, 3.8) is 0 Å². The Labute approximate surface area is 130 Å². The molecule has 5 rings (SSSR count). The molecule has 0 aromatic heterocycles. The molecule has 2 aliphatic rings. The van der Waals surface area contributed by atoms with Gasteiger partial charge in [-0.1, -0.05) is 41.9 Å². The summed E-state index contributed by atoms with van der Waals surface area (Å²) in [5.74, 6) is 1.70. The van der Waals surface area contributed by atoms with Crippen molar-refractivity contribution in [2.24, 2.45) is 0 Å². The highest BCUT2D eigenvalue weighted by Crippen LogP contribution is 2.54. The second-order valence-corrected chi connectivity index (χ2v) is 5.74. The van der Waals surface area contributed by atoms with Crippen LogP contribution in [-0.4, -0.2) is 7.85 Å². The largest absolute Gasteiger partial charge is 0.453 e. The van der Waals surface area contributed by atoms with Gasteiger partial charge in [0, 0.05) is 12.1 Å². The van der Waals surface area contributed by atoms with E-state index >= 15 is 0 Å². The molecule has 2 radical (unpaired) electrons. The fourth-order valence-corrected chi connectivity index (χ4v) is 3.46. The van der Waals surface area contributed by atoms with Crippen LogP contribution in [0.25, 0.3) is 0 Å². The van der Waals surface area contributed by atoms with Gasteiger partial charge in [0.25, 0.3) is 0 Å². The predicted octanol–water partition coefficient (Wildman–Crippen LogP) is 3.96. The monoisotopic (exact) mass is 281 g/mol. The van der Waals surface area contributed by atoms with Crippen LogP contribution in [0, 0.1) is 0 Å². The summed E-state index contributed by atoms with van der Waals surface area (Å²) in [4.78, 5) is 2.29. The maximum atomic E-state index is 6.10. The Balaban J connectivity index is 1.88. The van der Waals surface area contributed by atoms with Crippen LogP contribution in [0.4, 0.5) is 17.1 Å². The van der Waals surface area contributed by atoms with Gasteiger partial charge in [-0.2, -0.15) is 0 Å². The van der Waals surface area contributed by atoms with E-state index in [1.807, 2.05) is 24.3 Å². The quantitative estimate of drug-likeness (QED) is 0.398. The molecule has 0 saturated heterocycles. The number of nitrogens with zero attached hydrogens (tertiary/aromatic N) is 1. The van der Waals surface area contributed by atoms with Crippen LogP contribution < -0.4 is 15.1 Å². The number of hydrogen-bond acceptors (Lipinski definition) is 2. The Morgan fingerprint density at radius 2 is 1.59 bits per heavy atom. The fourth-order valence-electron chi connectivity index (χ4n) is 3.46. The molecule has 22 heavy (non-hydrogen) atoms. The van der Waals surface area contributed by atoms with Crippen LogP contribution in [-0.2, 0) is 6.42 Å². The van der Waals surface area contributed by atoms with Gasteiger partial charge in [-0.15, -0.1) is 0 Å². The molecule has 0 aliphatic carbocycles. The zero-order chi connectivity index (χ0) is 14.7. The molecule has 0 unspecified atom stereocenters. The molecule has 0 fully saturated rings. The van der Waals surface area contributed by atoms with Crippen LogP contribution in [0.3, 0.4) is 0 Å². The maximum absolute atomic E-state index is 6.10. The third kappa shape index (κ3) is 1.51. The van der Waals surface area contributed by atoms with E-state index in [2.05, 4.69) is 41.3 Å². The average molecular weight is 281 g/mol. The fraction of sp³-hybridized carbons (Fsp3) is 0.0526. The number of hydrogen-bond donors (Lipinski definition) is 0. The van der Waals surface area contributed by atoms with Crippen molar-refractivity contribution in [3.8, 4) is 11.5 Å². The molecular weight excluding hydrogens is 269 g/mol. The molecular formula is C19H12BNO. The van der Waals surface area contributed by atoms with E-state index in [9.17, 15) is 0 Å². The maximum Gasteiger partial charge on any atom is 0.151 e. The van der Waals surface area contributed by atoms with Crippen LogP contribution in [0.2, 0.25) is 0 Å². The van der Waals surface area contributed by atoms with E-state index < -0.39 is 0 Å². The first kappa shape index (κ1) is 11.9. The number of anilines is 3. The topological polar surface area (TPSA) is 12.5 Å². The van der Waals surface area contributed by atoms with Crippen molar-refractivity contribution in [3.05, 3.63) is 71.8 Å². The molecule has 3 heteroatoms. The molecule has 0 bridgehead atoms. The van der Waals surface area contributed by atoms with Gasteiger partial charge in [0.05, 0.1) is 11.4 Å². The van der Waals surface area contributed by atoms with Crippen molar-refractivity contribution in [2.45, 2.75) is 6.42 Å². The molecule has 0 N–H and O–H groups in total. The summed E-state index contributed by atoms with van der Waals surface area (Å²) in [5, 5.41) is 0. The highest BCUT2D eigenvalue weighted by Gasteiger charge is 2.32. The summed E-state index contributed by atoms with van der Waals surface area (Å²) >= 11 is 0. The minimum absolute atomic E-state index is 0.743. The lowest BCUT2D eigenvalue weighted by molar-refractivity contribution is 0.476. The third-order valence-corrected chi connectivity index (χ3v) is 4.34. The predicted molar refractivity (Wildman–Crippen MR) is 89.4 cm³/mol. The number of para-hydroxylation sites is 3. The second kappa shape index (κ2) is 4.17. The molecule has 102 valence electrons. The molecule has 2 nitrogen and oxygen atoms in total. The van der Waals surface area contributed by atoms with Gasteiger partial charge in [-0.25, -0.2) is 0 Å². The normalized spacial score (nSPS) is 13.7. The minimum atomic E-state index is 0.743. The standard InChI is InChI=1S/C19H12BNO/c20-14-10-13-9-12-5-1-2-6-15(12)21-16-7-3-4-8-17(16)22-18(11-14)19(13)21/h1-8,10-11H,9H2. The third-order valence-electron chi connectivity index (χ3n) is 4.34. The molecule has 3 aromatic carbocycles. The highest BCUT2D eigenvalue weighted by molar-refractivity contribution is 6.32. The lowest BCUT2D eigenvalue weighted by Gasteiger charge is -2.38. The SMILES string of the molecule is [B]c1cc2c3c(c1)Oc1ccccc1N3c1ccccc1C2. The van der Waals surface area contributed by atoms with E-state index in [-0.39, 0.29) is 0 Å². The van der Waals surface area contributed by atoms with E-state index in [1.54, 1.807) is 0 Å². The first-order valence-corrected chi connectivity index (χ1v) is 7.38. The molecule has 3 aromatic rings. The first-order chi connectivity index (χ1) is 10.8. The van der Waals surface area contributed by atoms with Gasteiger partial charge in [-0.05, 0) is 35.4 Å². The summed E-state index contributed by atoms with van der Waals surface area (Å²) in [7, 11) is 6.07. The van der Waals surface area contributed by atoms with Gasteiger partial charge in [0.2, 0.25) is 0 Å². The van der Waals surface area contributed by atoms with Crippen molar-refractivity contribution in [1.29, 1.82) is 0 Å². The number of fused-ring (bicyclic) bond motifs is 4. The Morgan fingerprint density at radius 3 is 2.50 bits per heavy atom. The van der Waals surface area contributed by atoms with Gasteiger partial charge < -0.3 is 9.64 Å². The molecule has 2 aliphatic heterocycles. The second-order valence-electron chi connectivity index (χ2n) is 5.74. The first-order valence-electron chi connectivity index (χ1n) is 7.38. The van der Waals surface area contributed by atoms with Crippen LogP contribution in [0.15, 0.2) is 60.7 Å². The van der Waals surface area contributed by atoms with Crippen LogP contribution in [0.5, 0.6) is 11.5 Å². The zero-order valence-electron chi connectivity index (χ0n) is 11.9. The van der Waals surface area contributed by atoms with Crippen molar-refractivity contribution >= 4 is 30.4 Å². The molecule has 0 spiro atoms. The Bertz CT molecular complexity index is 848. The van der Waals surface area contributed by atoms with Crippen molar-refractivity contribution < 1.29 is 4.74 Å². The Hall–Kier alpha value is -2.68. The van der Waals surface area contributed by atoms with Crippen LogP contribution >= 0.6 is 0 Å². The van der Waals surface area contributed by atoms with Crippen molar-refractivity contribution in [1.82, 2.24) is 0 Å². The van der Waals surface area contributed by atoms with E-state index in [0.717, 1.165) is 34.8 Å². The summed E-state index contributed by atoms with van der Waals surface area (Å²) in [6, 6.07) is 20.6. The molecule has 0 amide bonds. The lowest BCUT2D eigenvalue weighted by atomic mass is 9.87. The Kier molecular flexibility index (Phi) is 2.26. The summed E-state index contributed by atoms with van der Waals surface area (Å²) in [6.45, 7) is 0. The van der Waals surface area contributed by atoms with E-state index in [1.165, 1.54) is 16.8 Å². The summed E-state index contributed by atoms with van der Waals surface area (Å²) < 4.78 is 6.10. The Morgan fingerprint density at radius 1 is 0.818 bits per heavy atom. The zero-order valence-corrected chi connectivity index (χ0v) is 11.9. The van der Waals surface area contributed by atoms with Crippen LogP contribution in [0.1, 0.15) is 11.1 Å². The van der Waals surface area contributed by atoms with Gasteiger partial charge in [-0.3, -0.25) is 0 Å².